The second-order valence-electron chi connectivity index (χ2n) is 3.97. The van der Waals surface area contributed by atoms with Crippen LogP contribution in [0.1, 0.15) is 13.3 Å². The molecule has 0 aliphatic rings. The molecule has 1 aromatic rings. The third-order valence-electron chi connectivity index (χ3n) is 2.36. The summed E-state index contributed by atoms with van der Waals surface area (Å²) in [6, 6.07) is 2.63. The normalized spacial score (nSPS) is 12.4. The van der Waals surface area contributed by atoms with Crippen molar-refractivity contribution in [3.05, 3.63) is 24.3 Å². The largest absolute Gasteiger partial charge is 0.573 e. The standard InChI is InChI=1S/C12H13F3N2O4/c1-2-9(10(18)19)17-11(20)16-7-3-5-8(6-4-7)21-12(13,14)15/h3-6,9H,2H2,1H3,(H,18,19)(H2,16,17,20)/t9-/m1/s1. The molecule has 1 rings (SSSR count). The minimum absolute atomic E-state index is 0.196. The Morgan fingerprint density at radius 1 is 1.29 bits per heavy atom. The van der Waals surface area contributed by atoms with E-state index in [0.29, 0.717) is 0 Å². The van der Waals surface area contributed by atoms with Crippen LogP contribution in [0.25, 0.3) is 0 Å². The van der Waals surface area contributed by atoms with Gasteiger partial charge in [0.15, 0.2) is 0 Å². The van der Waals surface area contributed by atoms with E-state index in [2.05, 4.69) is 15.4 Å². The molecule has 0 fully saturated rings. The number of nitrogens with one attached hydrogen (secondary N) is 2. The first kappa shape index (κ1) is 16.6. The van der Waals surface area contributed by atoms with Gasteiger partial charge in [-0.2, -0.15) is 0 Å². The van der Waals surface area contributed by atoms with Crippen LogP contribution in [0.2, 0.25) is 0 Å². The molecule has 0 saturated heterocycles. The van der Waals surface area contributed by atoms with Crippen LogP contribution in [-0.4, -0.2) is 29.5 Å². The van der Waals surface area contributed by atoms with Gasteiger partial charge >= 0.3 is 18.4 Å². The van der Waals surface area contributed by atoms with Crippen LogP contribution in [0.5, 0.6) is 5.75 Å². The van der Waals surface area contributed by atoms with Crippen LogP contribution in [0, 0.1) is 0 Å². The lowest BCUT2D eigenvalue weighted by Crippen LogP contribution is -2.42. The predicted molar refractivity (Wildman–Crippen MR) is 67.0 cm³/mol. The summed E-state index contributed by atoms with van der Waals surface area (Å²) in [5, 5.41) is 13.3. The maximum Gasteiger partial charge on any atom is 0.573 e. The molecule has 9 heteroatoms. The molecule has 0 unspecified atom stereocenters. The Balaban J connectivity index is 2.59. The molecule has 0 radical (unpaired) electrons. The van der Waals surface area contributed by atoms with Crippen molar-refractivity contribution in [2.24, 2.45) is 0 Å². The van der Waals surface area contributed by atoms with E-state index in [9.17, 15) is 22.8 Å². The highest BCUT2D eigenvalue weighted by atomic mass is 19.4. The minimum atomic E-state index is -4.79. The lowest BCUT2D eigenvalue weighted by molar-refractivity contribution is -0.274. The molecule has 116 valence electrons. The van der Waals surface area contributed by atoms with E-state index in [4.69, 9.17) is 5.11 Å². The highest BCUT2D eigenvalue weighted by Gasteiger charge is 2.31. The molecule has 1 atom stereocenters. The van der Waals surface area contributed by atoms with Crippen molar-refractivity contribution in [2.45, 2.75) is 25.7 Å². The average molecular weight is 306 g/mol. The highest BCUT2D eigenvalue weighted by Crippen LogP contribution is 2.23. The minimum Gasteiger partial charge on any atom is -0.480 e. The number of rotatable bonds is 5. The van der Waals surface area contributed by atoms with Gasteiger partial charge in [-0.3, -0.25) is 0 Å². The SMILES string of the molecule is CC[C@@H](NC(=O)Nc1ccc(OC(F)(F)F)cc1)C(=O)O. The number of anilines is 1. The predicted octanol–water partition coefficient (Wildman–Crippen LogP) is 2.57. The maximum absolute atomic E-state index is 12.0. The number of carbonyl (C=O) groups excluding carboxylic acids is 1. The lowest BCUT2D eigenvalue weighted by atomic mass is 10.2. The van der Waals surface area contributed by atoms with Gasteiger partial charge in [-0.15, -0.1) is 13.2 Å². The summed E-state index contributed by atoms with van der Waals surface area (Å²) >= 11 is 0. The molecular formula is C12H13F3N2O4. The fraction of sp³-hybridized carbons (Fsp3) is 0.333. The van der Waals surface area contributed by atoms with Crippen LogP contribution in [0.4, 0.5) is 23.7 Å². The number of halogens is 3. The average Bonchev–Trinajstić information content (AvgIpc) is 2.36. The van der Waals surface area contributed by atoms with Crippen LogP contribution in [-0.2, 0) is 4.79 Å². The van der Waals surface area contributed by atoms with Gasteiger partial charge in [0.1, 0.15) is 11.8 Å². The summed E-state index contributed by atoms with van der Waals surface area (Å²) in [5.41, 5.74) is 0.197. The van der Waals surface area contributed by atoms with Crippen molar-refractivity contribution in [3.63, 3.8) is 0 Å². The fourth-order valence-corrected chi connectivity index (χ4v) is 1.40. The molecule has 0 bridgehead atoms. The monoisotopic (exact) mass is 306 g/mol. The van der Waals surface area contributed by atoms with E-state index < -0.39 is 30.2 Å². The number of benzene rings is 1. The highest BCUT2D eigenvalue weighted by molar-refractivity contribution is 5.92. The van der Waals surface area contributed by atoms with Crippen LogP contribution < -0.4 is 15.4 Å². The summed E-state index contributed by atoms with van der Waals surface area (Å²) in [5.74, 6) is -1.60. The Bertz CT molecular complexity index is 502. The smallest absolute Gasteiger partial charge is 0.480 e. The molecule has 0 spiro atoms. The summed E-state index contributed by atoms with van der Waals surface area (Å²) in [6.07, 6.45) is -4.59. The van der Waals surface area contributed by atoms with Crippen LogP contribution >= 0.6 is 0 Å². The van der Waals surface area contributed by atoms with E-state index in [1.165, 1.54) is 12.1 Å². The quantitative estimate of drug-likeness (QED) is 0.780. The van der Waals surface area contributed by atoms with E-state index in [1.54, 1.807) is 6.92 Å². The van der Waals surface area contributed by atoms with Gasteiger partial charge in [-0.1, -0.05) is 6.92 Å². The molecule has 0 heterocycles. The molecule has 0 aromatic heterocycles. The van der Waals surface area contributed by atoms with Gasteiger partial charge < -0.3 is 20.5 Å². The summed E-state index contributed by atoms with van der Waals surface area (Å²) in [6.45, 7) is 1.59. The molecule has 1 aromatic carbocycles. The van der Waals surface area contributed by atoms with Gasteiger partial charge in [0.2, 0.25) is 0 Å². The zero-order valence-corrected chi connectivity index (χ0v) is 10.9. The first-order valence-electron chi connectivity index (χ1n) is 5.87. The molecule has 6 nitrogen and oxygen atoms in total. The summed E-state index contributed by atoms with van der Waals surface area (Å²) < 4.78 is 39.5. The van der Waals surface area contributed by atoms with Crippen molar-refractivity contribution in [2.75, 3.05) is 5.32 Å². The van der Waals surface area contributed by atoms with Crippen molar-refractivity contribution >= 4 is 17.7 Å². The topological polar surface area (TPSA) is 87.7 Å². The number of carboxylic acid groups (broad SMARTS) is 1. The summed E-state index contributed by atoms with van der Waals surface area (Å²) in [7, 11) is 0. The zero-order valence-electron chi connectivity index (χ0n) is 10.9. The Hall–Kier alpha value is -2.45. The first-order valence-corrected chi connectivity index (χ1v) is 5.87. The number of ether oxygens (including phenoxy) is 1. The zero-order chi connectivity index (χ0) is 16.0. The molecule has 2 amide bonds. The van der Waals surface area contributed by atoms with Crippen molar-refractivity contribution < 1.29 is 32.6 Å². The van der Waals surface area contributed by atoms with Crippen LogP contribution in [0.3, 0.4) is 0 Å². The molecule has 3 N–H and O–H groups in total. The Morgan fingerprint density at radius 2 is 1.86 bits per heavy atom. The van der Waals surface area contributed by atoms with Gasteiger partial charge in [0.05, 0.1) is 0 Å². The number of aliphatic carboxylic acids is 1. The van der Waals surface area contributed by atoms with Gasteiger partial charge in [0, 0.05) is 5.69 Å². The number of hydrogen-bond acceptors (Lipinski definition) is 3. The van der Waals surface area contributed by atoms with Gasteiger partial charge in [0.25, 0.3) is 0 Å². The molecule has 0 saturated carbocycles. The van der Waals surface area contributed by atoms with Gasteiger partial charge in [-0.05, 0) is 30.7 Å². The Kier molecular flexibility index (Phi) is 5.39. The number of alkyl halides is 3. The van der Waals surface area contributed by atoms with E-state index in [1.807, 2.05) is 0 Å². The lowest BCUT2D eigenvalue weighted by Gasteiger charge is -2.13. The number of carbonyl (C=O) groups is 2. The Labute approximate surface area is 117 Å². The number of amides is 2. The van der Waals surface area contributed by atoms with Gasteiger partial charge in [-0.25, -0.2) is 9.59 Å². The maximum atomic E-state index is 12.0. The molecular weight excluding hydrogens is 293 g/mol. The fourth-order valence-electron chi connectivity index (χ4n) is 1.40. The number of hydrogen-bond donors (Lipinski definition) is 3. The van der Waals surface area contributed by atoms with E-state index >= 15 is 0 Å². The van der Waals surface area contributed by atoms with Crippen molar-refractivity contribution in [1.82, 2.24) is 5.32 Å². The second kappa shape index (κ2) is 6.82. The van der Waals surface area contributed by atoms with Crippen molar-refractivity contribution in [1.29, 1.82) is 0 Å². The third-order valence-corrected chi connectivity index (χ3v) is 2.36. The first-order chi connectivity index (χ1) is 9.71. The third kappa shape index (κ3) is 6.02. The second-order valence-corrected chi connectivity index (χ2v) is 3.97. The summed E-state index contributed by atoms with van der Waals surface area (Å²) in [4.78, 5) is 22.2. The van der Waals surface area contributed by atoms with E-state index in [0.717, 1.165) is 12.1 Å². The molecule has 0 aliphatic carbocycles. The molecule has 21 heavy (non-hydrogen) atoms. The molecule has 0 aliphatic heterocycles. The number of carboxylic acids is 1. The van der Waals surface area contributed by atoms with E-state index in [-0.39, 0.29) is 12.1 Å². The number of urea groups is 1. The van der Waals surface area contributed by atoms with Crippen molar-refractivity contribution in [3.8, 4) is 5.75 Å². The van der Waals surface area contributed by atoms with Crippen LogP contribution in [0.15, 0.2) is 24.3 Å². The Morgan fingerprint density at radius 3 is 2.29 bits per heavy atom.